The molecule has 1 amide bonds. The van der Waals surface area contributed by atoms with E-state index in [4.69, 9.17) is 5.26 Å². The number of carbonyl (C=O) groups is 1. The van der Waals surface area contributed by atoms with Crippen molar-refractivity contribution in [1.29, 1.82) is 5.26 Å². The summed E-state index contributed by atoms with van der Waals surface area (Å²) in [6.45, 7) is 1.35. The Labute approximate surface area is 142 Å². The van der Waals surface area contributed by atoms with Crippen LogP contribution in [0.3, 0.4) is 0 Å². The highest BCUT2D eigenvalue weighted by molar-refractivity contribution is 5.84. The minimum Gasteiger partial charge on any atom is -0.342 e. The molecule has 1 aliphatic rings. The van der Waals surface area contributed by atoms with E-state index in [0.717, 1.165) is 24.0 Å². The molecule has 0 N–H and O–H groups in total. The zero-order valence-electron chi connectivity index (χ0n) is 13.6. The van der Waals surface area contributed by atoms with Crippen molar-refractivity contribution in [1.82, 2.24) is 9.88 Å². The fourth-order valence-corrected chi connectivity index (χ4v) is 3.24. The molecule has 0 spiro atoms. The molecular weight excluding hydrogens is 298 g/mol. The van der Waals surface area contributed by atoms with Gasteiger partial charge in [-0.25, -0.2) is 0 Å². The zero-order valence-corrected chi connectivity index (χ0v) is 13.6. The predicted octanol–water partition coefficient (Wildman–Crippen LogP) is 3.17. The Morgan fingerprint density at radius 1 is 1.17 bits per heavy atom. The largest absolute Gasteiger partial charge is 0.342 e. The van der Waals surface area contributed by atoms with Gasteiger partial charge in [0, 0.05) is 31.4 Å². The number of nitrogens with zero attached hydrogens (tertiary/aromatic N) is 3. The van der Waals surface area contributed by atoms with Crippen molar-refractivity contribution in [3.63, 3.8) is 0 Å². The molecule has 1 aromatic carbocycles. The van der Waals surface area contributed by atoms with Crippen molar-refractivity contribution in [2.24, 2.45) is 5.92 Å². The molecule has 3 rings (SSSR count). The van der Waals surface area contributed by atoms with E-state index in [2.05, 4.69) is 11.1 Å². The van der Waals surface area contributed by atoms with Crippen LogP contribution in [0.4, 0.5) is 0 Å². The van der Waals surface area contributed by atoms with Crippen LogP contribution in [-0.2, 0) is 11.2 Å². The van der Waals surface area contributed by atoms with Crippen molar-refractivity contribution in [3.8, 4) is 6.07 Å². The van der Waals surface area contributed by atoms with Gasteiger partial charge < -0.3 is 4.90 Å². The normalized spacial score (nSPS) is 16.4. The van der Waals surface area contributed by atoms with Crippen molar-refractivity contribution in [3.05, 3.63) is 66.0 Å². The summed E-state index contributed by atoms with van der Waals surface area (Å²) in [5.41, 5.74) is 2.15. The lowest BCUT2D eigenvalue weighted by molar-refractivity contribution is -0.134. The van der Waals surface area contributed by atoms with Crippen LogP contribution in [0.15, 0.2) is 54.9 Å². The SMILES string of the molecule is N#CC1CCN(C(=O)C(Cc2ccncc2)c2ccccc2)CC1. The molecule has 1 aromatic heterocycles. The monoisotopic (exact) mass is 319 g/mol. The van der Waals surface area contributed by atoms with Gasteiger partial charge in [0.05, 0.1) is 12.0 Å². The van der Waals surface area contributed by atoms with Gasteiger partial charge in [-0.3, -0.25) is 9.78 Å². The van der Waals surface area contributed by atoms with Gasteiger partial charge in [0.1, 0.15) is 0 Å². The number of hydrogen-bond donors (Lipinski definition) is 0. The summed E-state index contributed by atoms with van der Waals surface area (Å²) in [5.74, 6) is 0.0612. The van der Waals surface area contributed by atoms with E-state index in [1.54, 1.807) is 12.4 Å². The van der Waals surface area contributed by atoms with Crippen LogP contribution >= 0.6 is 0 Å². The molecule has 0 saturated carbocycles. The minimum absolute atomic E-state index is 0.0874. The summed E-state index contributed by atoms with van der Waals surface area (Å²) in [5, 5.41) is 9.04. The van der Waals surface area contributed by atoms with Crippen molar-refractivity contribution in [2.75, 3.05) is 13.1 Å². The summed E-state index contributed by atoms with van der Waals surface area (Å²) < 4.78 is 0. The van der Waals surface area contributed by atoms with Gasteiger partial charge in [-0.05, 0) is 42.5 Å². The molecule has 0 aliphatic carbocycles. The Morgan fingerprint density at radius 2 is 1.83 bits per heavy atom. The topological polar surface area (TPSA) is 57.0 Å². The molecule has 1 aliphatic heterocycles. The number of benzene rings is 1. The molecule has 24 heavy (non-hydrogen) atoms. The average Bonchev–Trinajstić information content (AvgIpc) is 2.67. The maximum atomic E-state index is 13.1. The molecule has 2 aromatic rings. The first-order valence-corrected chi connectivity index (χ1v) is 8.40. The molecule has 0 radical (unpaired) electrons. The molecule has 4 nitrogen and oxygen atoms in total. The van der Waals surface area contributed by atoms with E-state index < -0.39 is 0 Å². The first-order chi connectivity index (χ1) is 11.8. The third kappa shape index (κ3) is 3.80. The van der Waals surface area contributed by atoms with Gasteiger partial charge in [-0.15, -0.1) is 0 Å². The minimum atomic E-state index is -0.188. The summed E-state index contributed by atoms with van der Waals surface area (Å²) in [4.78, 5) is 19.1. The van der Waals surface area contributed by atoms with Crippen LogP contribution < -0.4 is 0 Å². The number of piperidine rings is 1. The first kappa shape index (κ1) is 16.2. The van der Waals surface area contributed by atoms with Crippen molar-refractivity contribution < 1.29 is 4.79 Å². The number of amides is 1. The first-order valence-electron chi connectivity index (χ1n) is 8.40. The molecular formula is C20H21N3O. The van der Waals surface area contributed by atoms with Gasteiger partial charge in [-0.1, -0.05) is 30.3 Å². The number of rotatable bonds is 4. The molecule has 1 unspecified atom stereocenters. The van der Waals surface area contributed by atoms with Crippen LogP contribution in [0.5, 0.6) is 0 Å². The van der Waals surface area contributed by atoms with Gasteiger partial charge >= 0.3 is 0 Å². The number of carbonyl (C=O) groups excluding carboxylic acids is 1. The number of likely N-dealkylation sites (tertiary alicyclic amines) is 1. The van der Waals surface area contributed by atoms with Crippen LogP contribution in [-0.4, -0.2) is 28.9 Å². The molecule has 122 valence electrons. The van der Waals surface area contributed by atoms with E-state index in [1.807, 2.05) is 47.4 Å². The fourth-order valence-electron chi connectivity index (χ4n) is 3.24. The third-order valence-electron chi connectivity index (χ3n) is 4.68. The second-order valence-corrected chi connectivity index (χ2v) is 6.25. The van der Waals surface area contributed by atoms with E-state index in [-0.39, 0.29) is 17.7 Å². The maximum Gasteiger partial charge on any atom is 0.230 e. The third-order valence-corrected chi connectivity index (χ3v) is 4.68. The van der Waals surface area contributed by atoms with Gasteiger partial charge in [0.2, 0.25) is 5.91 Å². The summed E-state index contributed by atoms with van der Waals surface area (Å²) >= 11 is 0. The molecule has 2 heterocycles. The predicted molar refractivity (Wildman–Crippen MR) is 92.0 cm³/mol. The highest BCUT2D eigenvalue weighted by atomic mass is 16.2. The van der Waals surface area contributed by atoms with Crippen molar-refractivity contribution >= 4 is 5.91 Å². The van der Waals surface area contributed by atoms with E-state index >= 15 is 0 Å². The number of hydrogen-bond acceptors (Lipinski definition) is 3. The van der Waals surface area contributed by atoms with E-state index in [9.17, 15) is 4.79 Å². The molecule has 1 atom stereocenters. The highest BCUT2D eigenvalue weighted by Gasteiger charge is 2.29. The Morgan fingerprint density at radius 3 is 2.46 bits per heavy atom. The van der Waals surface area contributed by atoms with E-state index in [0.29, 0.717) is 19.5 Å². The van der Waals surface area contributed by atoms with Gasteiger partial charge in [0.25, 0.3) is 0 Å². The molecule has 1 fully saturated rings. The lowest BCUT2D eigenvalue weighted by Crippen LogP contribution is -2.41. The lowest BCUT2D eigenvalue weighted by atomic mass is 9.89. The summed E-state index contributed by atoms with van der Waals surface area (Å²) in [6.07, 6.45) is 5.75. The Balaban J connectivity index is 1.79. The Bertz CT molecular complexity index is 701. The van der Waals surface area contributed by atoms with Crippen LogP contribution in [0.2, 0.25) is 0 Å². The van der Waals surface area contributed by atoms with Crippen molar-refractivity contribution in [2.45, 2.75) is 25.2 Å². The van der Waals surface area contributed by atoms with Crippen LogP contribution in [0.25, 0.3) is 0 Å². The second-order valence-electron chi connectivity index (χ2n) is 6.25. The number of pyridine rings is 1. The fraction of sp³-hybridized carbons (Fsp3) is 0.350. The zero-order chi connectivity index (χ0) is 16.8. The van der Waals surface area contributed by atoms with Gasteiger partial charge in [0.15, 0.2) is 0 Å². The summed E-state index contributed by atoms with van der Waals surface area (Å²) in [6, 6.07) is 16.2. The Kier molecular flexibility index (Phi) is 5.22. The lowest BCUT2D eigenvalue weighted by Gasteiger charge is -2.32. The quantitative estimate of drug-likeness (QED) is 0.870. The van der Waals surface area contributed by atoms with Gasteiger partial charge in [-0.2, -0.15) is 5.26 Å². The number of nitriles is 1. The standard InChI is InChI=1S/C20H21N3O/c21-15-17-8-12-23(13-9-17)20(24)19(18-4-2-1-3-5-18)14-16-6-10-22-11-7-16/h1-7,10-11,17,19H,8-9,12-14H2. The van der Waals surface area contributed by atoms with E-state index in [1.165, 1.54) is 0 Å². The number of aromatic nitrogens is 1. The molecule has 1 saturated heterocycles. The maximum absolute atomic E-state index is 13.1. The summed E-state index contributed by atoms with van der Waals surface area (Å²) in [7, 11) is 0. The van der Waals surface area contributed by atoms with Crippen LogP contribution in [0, 0.1) is 17.2 Å². The average molecular weight is 319 g/mol. The highest BCUT2D eigenvalue weighted by Crippen LogP contribution is 2.26. The van der Waals surface area contributed by atoms with Crippen LogP contribution in [0.1, 0.15) is 29.9 Å². The smallest absolute Gasteiger partial charge is 0.230 e. The molecule has 0 bridgehead atoms. The molecule has 4 heteroatoms. The second kappa shape index (κ2) is 7.74. The Hall–Kier alpha value is -2.67.